The van der Waals surface area contributed by atoms with E-state index in [-0.39, 0.29) is 0 Å². The molecule has 4 aliphatic rings. The first-order chi connectivity index (χ1) is 18.1. The molecule has 0 N–H and O–H groups in total. The highest BCUT2D eigenvalue weighted by atomic mass is 16.5. The molecule has 1 heteroatoms. The van der Waals surface area contributed by atoms with Crippen LogP contribution in [0.5, 0.6) is 0 Å². The van der Waals surface area contributed by atoms with Crippen molar-refractivity contribution in [3.63, 3.8) is 0 Å². The van der Waals surface area contributed by atoms with Gasteiger partial charge < -0.3 is 4.74 Å². The van der Waals surface area contributed by atoms with Gasteiger partial charge in [-0.25, -0.2) is 0 Å². The first-order valence-electron chi connectivity index (χ1n) is 16.5. The monoisotopic (exact) mass is 518 g/mol. The van der Waals surface area contributed by atoms with Crippen LogP contribution in [0.25, 0.3) is 0 Å². The van der Waals surface area contributed by atoms with Crippen LogP contribution in [0.4, 0.5) is 0 Å². The number of rotatable bonds is 10. The number of fused-ring (bicyclic) bond motifs is 2. The Hall–Kier alpha value is -1.08. The van der Waals surface area contributed by atoms with E-state index in [1.54, 1.807) is 0 Å². The van der Waals surface area contributed by atoms with Crippen LogP contribution >= 0.6 is 0 Å². The summed E-state index contributed by atoms with van der Waals surface area (Å²) in [6.07, 6.45) is 22.1. The minimum absolute atomic E-state index is 0.382. The Kier molecular flexibility index (Phi) is 8.55. The van der Waals surface area contributed by atoms with Crippen LogP contribution in [0, 0.1) is 53.3 Å². The zero-order valence-corrected chi connectivity index (χ0v) is 25.9. The quantitative estimate of drug-likeness (QED) is 0.280. The molecule has 0 amide bonds. The van der Waals surface area contributed by atoms with E-state index in [0.29, 0.717) is 23.0 Å². The molecule has 0 aromatic heterocycles. The van der Waals surface area contributed by atoms with Crippen LogP contribution in [0.2, 0.25) is 0 Å². The summed E-state index contributed by atoms with van der Waals surface area (Å²) in [6.45, 7) is 17.4. The molecule has 2 saturated carbocycles. The molecule has 7 unspecified atom stereocenters. The first-order valence-corrected chi connectivity index (χ1v) is 16.5. The van der Waals surface area contributed by atoms with E-state index in [4.69, 9.17) is 4.74 Å². The van der Waals surface area contributed by atoms with E-state index < -0.39 is 0 Å². The third-order valence-electron chi connectivity index (χ3n) is 12.3. The van der Waals surface area contributed by atoms with Gasteiger partial charge in [0, 0.05) is 0 Å². The summed E-state index contributed by atoms with van der Waals surface area (Å²) >= 11 is 0. The van der Waals surface area contributed by atoms with Gasteiger partial charge in [-0.1, -0.05) is 96.7 Å². The van der Waals surface area contributed by atoms with E-state index in [1.165, 1.54) is 80.9 Å². The Morgan fingerprint density at radius 3 is 2.50 bits per heavy atom. The molecule has 0 radical (unpaired) electrons. The van der Waals surface area contributed by atoms with Crippen LogP contribution in [0.15, 0.2) is 30.4 Å². The van der Waals surface area contributed by atoms with Crippen LogP contribution in [0.3, 0.4) is 0 Å². The highest BCUT2D eigenvalue weighted by Gasteiger charge is 2.49. The minimum atomic E-state index is 0.382. The summed E-state index contributed by atoms with van der Waals surface area (Å²) in [4.78, 5) is 0. The Balaban J connectivity index is 1.14. The van der Waals surface area contributed by atoms with Gasteiger partial charge in [-0.15, -0.1) is 0 Å². The van der Waals surface area contributed by atoms with Crippen molar-refractivity contribution < 1.29 is 4.74 Å². The predicted octanol–water partition coefficient (Wildman–Crippen LogP) is 10.1. The number of hydrogen-bond donors (Lipinski definition) is 0. The van der Waals surface area contributed by atoms with Crippen molar-refractivity contribution >= 4 is 0 Å². The molecule has 0 bridgehead atoms. The smallest absolute Gasteiger partial charge is 0.0659 e. The summed E-state index contributed by atoms with van der Waals surface area (Å²) in [5.74, 6) is 5.06. The molecule has 0 saturated heterocycles. The second kappa shape index (κ2) is 11.4. The molecule has 1 nitrogen and oxygen atoms in total. The lowest BCUT2D eigenvalue weighted by Crippen LogP contribution is -2.38. The molecular formula is C37H58O. The van der Waals surface area contributed by atoms with E-state index in [9.17, 15) is 0 Å². The third-order valence-corrected chi connectivity index (χ3v) is 12.3. The van der Waals surface area contributed by atoms with Crippen molar-refractivity contribution in [1.29, 1.82) is 0 Å². The molecule has 4 aliphatic carbocycles. The van der Waals surface area contributed by atoms with Gasteiger partial charge in [-0.2, -0.15) is 0 Å². The standard InChI is InChI=1S/C37H58O/c1-25(2)9-8-10-27(4)34-15-12-28(5)37(34,7)20-19-36(6)18-17-30-23-32(14-16-35(30)36)38-33-22-29-13-11-26(3)21-31(29)24-33/h11,13,17-18,21,25,27-28,30,32-35H,8-10,12,14-16,19-20,22-24H2,1-7H3/t27?,28?,30?,32-,33?,34?,35?,36?,37-/m1/s1. The lowest BCUT2D eigenvalue weighted by Gasteiger charge is -2.44. The van der Waals surface area contributed by atoms with E-state index in [1.807, 2.05) is 0 Å². The lowest BCUT2D eigenvalue weighted by atomic mass is 9.61. The number of benzene rings is 1. The van der Waals surface area contributed by atoms with E-state index >= 15 is 0 Å². The molecule has 38 heavy (non-hydrogen) atoms. The molecular weight excluding hydrogens is 460 g/mol. The maximum atomic E-state index is 6.78. The van der Waals surface area contributed by atoms with Gasteiger partial charge in [0.1, 0.15) is 0 Å². The van der Waals surface area contributed by atoms with Crippen molar-refractivity contribution in [2.75, 3.05) is 0 Å². The van der Waals surface area contributed by atoms with Crippen molar-refractivity contribution in [3.8, 4) is 0 Å². The van der Waals surface area contributed by atoms with Crippen molar-refractivity contribution in [2.45, 2.75) is 138 Å². The summed E-state index contributed by atoms with van der Waals surface area (Å²) in [5, 5.41) is 0. The van der Waals surface area contributed by atoms with Crippen LogP contribution in [-0.4, -0.2) is 12.2 Å². The molecule has 5 rings (SSSR count). The number of ether oxygens (including phenoxy) is 1. The maximum Gasteiger partial charge on any atom is 0.0659 e. The summed E-state index contributed by atoms with van der Waals surface area (Å²) < 4.78 is 6.78. The fourth-order valence-electron chi connectivity index (χ4n) is 9.54. The normalized spacial score (nSPS) is 39.1. The fourth-order valence-corrected chi connectivity index (χ4v) is 9.54. The maximum absolute atomic E-state index is 6.78. The average molecular weight is 519 g/mol. The molecule has 212 valence electrons. The van der Waals surface area contributed by atoms with Crippen molar-refractivity contribution in [3.05, 3.63) is 47.0 Å². The zero-order chi connectivity index (χ0) is 27.1. The molecule has 0 aliphatic heterocycles. The highest BCUT2D eigenvalue weighted by molar-refractivity contribution is 5.36. The Morgan fingerprint density at radius 1 is 0.921 bits per heavy atom. The number of aryl methyl sites for hydroxylation is 1. The van der Waals surface area contributed by atoms with Crippen molar-refractivity contribution in [2.24, 2.45) is 46.3 Å². The molecule has 2 fully saturated rings. The number of hydrogen-bond acceptors (Lipinski definition) is 1. The fraction of sp³-hybridized carbons (Fsp3) is 0.784. The van der Waals surface area contributed by atoms with E-state index in [0.717, 1.165) is 48.3 Å². The molecule has 9 atom stereocenters. The van der Waals surface area contributed by atoms with Gasteiger partial charge in [0.05, 0.1) is 12.2 Å². The third kappa shape index (κ3) is 5.84. The molecule has 0 heterocycles. The number of allylic oxidation sites excluding steroid dienone is 2. The largest absolute Gasteiger partial charge is 0.374 e. The molecule has 0 spiro atoms. The van der Waals surface area contributed by atoms with Crippen molar-refractivity contribution in [1.82, 2.24) is 0 Å². The lowest BCUT2D eigenvalue weighted by molar-refractivity contribution is -0.0494. The first kappa shape index (κ1) is 28.4. The van der Waals surface area contributed by atoms with Gasteiger partial charge in [-0.05, 0) is 122 Å². The summed E-state index contributed by atoms with van der Waals surface area (Å²) in [5.41, 5.74) is 5.33. The average Bonchev–Trinajstić information content (AvgIpc) is 3.51. The summed E-state index contributed by atoms with van der Waals surface area (Å²) in [6, 6.07) is 6.97. The van der Waals surface area contributed by atoms with Crippen LogP contribution < -0.4 is 0 Å². The molecule has 1 aromatic rings. The van der Waals surface area contributed by atoms with E-state index in [2.05, 4.69) is 78.8 Å². The molecule has 1 aromatic carbocycles. The van der Waals surface area contributed by atoms with Gasteiger partial charge in [-0.3, -0.25) is 0 Å². The second-order valence-corrected chi connectivity index (χ2v) is 15.4. The second-order valence-electron chi connectivity index (χ2n) is 15.4. The van der Waals surface area contributed by atoms with Gasteiger partial charge in [0.25, 0.3) is 0 Å². The van der Waals surface area contributed by atoms with Crippen LogP contribution in [0.1, 0.15) is 122 Å². The van der Waals surface area contributed by atoms with Gasteiger partial charge >= 0.3 is 0 Å². The minimum Gasteiger partial charge on any atom is -0.374 e. The topological polar surface area (TPSA) is 9.23 Å². The predicted molar refractivity (Wildman–Crippen MR) is 162 cm³/mol. The Morgan fingerprint density at radius 2 is 1.71 bits per heavy atom. The highest BCUT2D eigenvalue weighted by Crippen LogP contribution is 2.58. The zero-order valence-electron chi connectivity index (χ0n) is 25.9. The SMILES string of the molecule is Cc1ccc2c(c1)CC(O[C@@H]1CCC3C(C=CC3(C)CC[C@]3(C)C(C)CCC3C(C)CCCC(C)C)C1)C2. The summed E-state index contributed by atoms with van der Waals surface area (Å²) in [7, 11) is 0. The van der Waals surface area contributed by atoms with Gasteiger partial charge in [0.15, 0.2) is 0 Å². The van der Waals surface area contributed by atoms with Crippen LogP contribution in [-0.2, 0) is 17.6 Å². The Labute approximate surface area is 235 Å². The van der Waals surface area contributed by atoms with Gasteiger partial charge in [0.2, 0.25) is 0 Å². The Bertz CT molecular complexity index is 975.